The Morgan fingerprint density at radius 3 is 2.57 bits per heavy atom. The van der Waals surface area contributed by atoms with Crippen molar-refractivity contribution in [1.82, 2.24) is 0 Å². The number of hydrogen-bond donors (Lipinski definition) is 1. The van der Waals surface area contributed by atoms with Crippen LogP contribution in [0.5, 0.6) is 0 Å². The Hall–Kier alpha value is -2.63. The lowest BCUT2D eigenvalue weighted by molar-refractivity contribution is -0.147. The largest absolute Gasteiger partial charge is 0.508 e. The molecule has 110 valence electrons. The van der Waals surface area contributed by atoms with Gasteiger partial charge in [0.15, 0.2) is 11.9 Å². The summed E-state index contributed by atoms with van der Waals surface area (Å²) in [5, 5.41) is 9.93. The second-order valence-corrected chi connectivity index (χ2v) is 4.50. The molecule has 1 aliphatic rings. The molecule has 1 atom stereocenters. The van der Waals surface area contributed by atoms with Crippen molar-refractivity contribution >= 4 is 17.7 Å². The number of esters is 2. The number of aliphatic hydroxyl groups is 1. The number of Topliss-reactive ketones (excluding diaryl/α,β-unsaturated/α-hetero) is 1. The van der Waals surface area contributed by atoms with Gasteiger partial charge in [-0.3, -0.25) is 9.59 Å². The van der Waals surface area contributed by atoms with Crippen molar-refractivity contribution in [3.8, 4) is 0 Å². The first kappa shape index (κ1) is 14.8. The minimum Gasteiger partial charge on any atom is -0.508 e. The molecule has 6 heteroatoms. The number of cyclic esters (lactones) is 1. The molecule has 0 saturated carbocycles. The molecule has 0 bridgehead atoms. The molecule has 6 nitrogen and oxygen atoms in total. The Labute approximate surface area is 121 Å². The SMILES string of the molecule is COC(=O)CC1OC(=O)C(CC(=O)c2ccccc2)=C1O. The molecule has 0 fully saturated rings. The fraction of sp³-hybridized carbons (Fsp3) is 0.267. The second-order valence-electron chi connectivity index (χ2n) is 4.50. The van der Waals surface area contributed by atoms with Gasteiger partial charge in [0.05, 0.1) is 19.1 Å². The van der Waals surface area contributed by atoms with E-state index in [1.807, 2.05) is 0 Å². The normalized spacial score (nSPS) is 17.6. The molecule has 1 N–H and O–H groups in total. The summed E-state index contributed by atoms with van der Waals surface area (Å²) in [6.45, 7) is 0. The van der Waals surface area contributed by atoms with Crippen LogP contribution in [0.3, 0.4) is 0 Å². The highest BCUT2D eigenvalue weighted by Gasteiger charge is 2.36. The van der Waals surface area contributed by atoms with Crippen molar-refractivity contribution in [2.45, 2.75) is 18.9 Å². The van der Waals surface area contributed by atoms with E-state index in [-0.39, 0.29) is 30.0 Å². The van der Waals surface area contributed by atoms with E-state index in [0.29, 0.717) is 5.56 Å². The monoisotopic (exact) mass is 290 g/mol. The molecule has 1 heterocycles. The van der Waals surface area contributed by atoms with Crippen molar-refractivity contribution in [3.63, 3.8) is 0 Å². The van der Waals surface area contributed by atoms with Crippen LogP contribution in [0.15, 0.2) is 41.7 Å². The number of rotatable bonds is 5. The zero-order valence-corrected chi connectivity index (χ0v) is 11.4. The third kappa shape index (κ3) is 3.28. The minimum absolute atomic E-state index is 0.113. The maximum atomic E-state index is 12.0. The van der Waals surface area contributed by atoms with Gasteiger partial charge in [-0.2, -0.15) is 0 Å². The number of ketones is 1. The molecule has 1 aromatic carbocycles. The Morgan fingerprint density at radius 2 is 1.95 bits per heavy atom. The van der Waals surface area contributed by atoms with Crippen molar-refractivity contribution in [2.24, 2.45) is 0 Å². The third-order valence-corrected chi connectivity index (χ3v) is 3.12. The first-order valence-electron chi connectivity index (χ1n) is 6.31. The summed E-state index contributed by atoms with van der Waals surface area (Å²) in [4.78, 5) is 34.9. The molecule has 2 rings (SSSR count). The Kier molecular flexibility index (Phi) is 4.37. The minimum atomic E-state index is -1.08. The molecule has 0 amide bonds. The lowest BCUT2D eigenvalue weighted by Crippen LogP contribution is -2.17. The van der Waals surface area contributed by atoms with Gasteiger partial charge in [0.1, 0.15) is 5.76 Å². The number of methoxy groups -OCH3 is 1. The summed E-state index contributed by atoms with van der Waals surface area (Å²) in [6.07, 6.45) is -1.63. The number of aliphatic hydroxyl groups excluding tert-OH is 1. The van der Waals surface area contributed by atoms with E-state index < -0.39 is 18.0 Å². The first-order chi connectivity index (χ1) is 10.0. The summed E-state index contributed by atoms with van der Waals surface area (Å²) >= 11 is 0. The highest BCUT2D eigenvalue weighted by molar-refractivity contribution is 6.04. The predicted molar refractivity (Wildman–Crippen MR) is 71.6 cm³/mol. The predicted octanol–water partition coefficient (Wildman–Crippen LogP) is 1.56. The van der Waals surface area contributed by atoms with Crippen LogP contribution < -0.4 is 0 Å². The number of hydrogen-bond acceptors (Lipinski definition) is 6. The number of benzene rings is 1. The van der Waals surface area contributed by atoms with E-state index in [1.165, 1.54) is 7.11 Å². The molecule has 0 saturated heterocycles. The molecule has 0 aliphatic carbocycles. The summed E-state index contributed by atoms with van der Waals surface area (Å²) in [5.41, 5.74) is 0.319. The fourth-order valence-electron chi connectivity index (χ4n) is 1.98. The average Bonchev–Trinajstić information content (AvgIpc) is 2.75. The zero-order valence-electron chi connectivity index (χ0n) is 11.4. The van der Waals surface area contributed by atoms with Crippen molar-refractivity contribution in [2.75, 3.05) is 7.11 Å². The van der Waals surface area contributed by atoms with E-state index >= 15 is 0 Å². The standard InChI is InChI=1S/C15H14O6/c1-20-13(17)8-12-14(18)10(15(19)21-12)7-11(16)9-5-3-2-4-6-9/h2-6,12,18H,7-8H2,1H3. The third-order valence-electron chi connectivity index (χ3n) is 3.12. The lowest BCUT2D eigenvalue weighted by Gasteiger charge is -2.07. The maximum Gasteiger partial charge on any atom is 0.338 e. The van der Waals surface area contributed by atoms with Crippen LogP contribution in [0.2, 0.25) is 0 Å². The highest BCUT2D eigenvalue weighted by Crippen LogP contribution is 2.26. The molecule has 0 radical (unpaired) electrons. The van der Waals surface area contributed by atoms with Gasteiger partial charge in [0.2, 0.25) is 0 Å². The Balaban J connectivity index is 2.13. The maximum absolute atomic E-state index is 12.0. The summed E-state index contributed by atoms with van der Waals surface area (Å²) in [7, 11) is 1.19. The molecular formula is C15H14O6. The average molecular weight is 290 g/mol. The quantitative estimate of drug-likeness (QED) is 0.653. The van der Waals surface area contributed by atoms with Crippen LogP contribution in [-0.4, -0.2) is 36.0 Å². The van der Waals surface area contributed by atoms with Crippen LogP contribution in [0, 0.1) is 0 Å². The van der Waals surface area contributed by atoms with E-state index in [0.717, 1.165) is 0 Å². The van der Waals surface area contributed by atoms with Crippen molar-refractivity contribution in [1.29, 1.82) is 0 Å². The van der Waals surface area contributed by atoms with Gasteiger partial charge in [-0.15, -0.1) is 0 Å². The summed E-state index contributed by atoms with van der Waals surface area (Å²) in [5.74, 6) is -2.09. The van der Waals surface area contributed by atoms with E-state index in [2.05, 4.69) is 4.74 Å². The number of carbonyl (C=O) groups excluding carboxylic acids is 3. The fourth-order valence-corrected chi connectivity index (χ4v) is 1.98. The first-order valence-corrected chi connectivity index (χ1v) is 6.31. The number of carbonyl (C=O) groups is 3. The molecular weight excluding hydrogens is 276 g/mol. The van der Waals surface area contributed by atoms with Crippen LogP contribution >= 0.6 is 0 Å². The number of ether oxygens (including phenoxy) is 2. The summed E-state index contributed by atoms with van der Waals surface area (Å²) in [6, 6.07) is 8.41. The lowest BCUT2D eigenvalue weighted by atomic mass is 10.0. The Bertz CT molecular complexity index is 602. The molecule has 0 aromatic heterocycles. The van der Waals surface area contributed by atoms with Gasteiger partial charge >= 0.3 is 11.9 Å². The van der Waals surface area contributed by atoms with Gasteiger partial charge in [0.25, 0.3) is 0 Å². The smallest absolute Gasteiger partial charge is 0.338 e. The van der Waals surface area contributed by atoms with Crippen LogP contribution in [0.4, 0.5) is 0 Å². The Morgan fingerprint density at radius 1 is 1.29 bits per heavy atom. The molecule has 1 unspecified atom stereocenters. The van der Waals surface area contributed by atoms with Gasteiger partial charge in [-0.1, -0.05) is 30.3 Å². The molecule has 21 heavy (non-hydrogen) atoms. The summed E-state index contributed by atoms with van der Waals surface area (Å²) < 4.78 is 9.33. The molecule has 0 spiro atoms. The van der Waals surface area contributed by atoms with Gasteiger partial charge in [-0.25, -0.2) is 4.79 Å². The van der Waals surface area contributed by atoms with Crippen molar-refractivity contribution < 1.29 is 29.0 Å². The van der Waals surface area contributed by atoms with E-state index in [1.54, 1.807) is 30.3 Å². The molecule has 1 aromatic rings. The van der Waals surface area contributed by atoms with Gasteiger partial charge in [0, 0.05) is 12.0 Å². The van der Waals surface area contributed by atoms with Crippen LogP contribution in [0.25, 0.3) is 0 Å². The van der Waals surface area contributed by atoms with Gasteiger partial charge < -0.3 is 14.6 Å². The van der Waals surface area contributed by atoms with Gasteiger partial charge in [-0.05, 0) is 0 Å². The van der Waals surface area contributed by atoms with E-state index in [4.69, 9.17) is 4.74 Å². The highest BCUT2D eigenvalue weighted by atomic mass is 16.6. The van der Waals surface area contributed by atoms with Crippen LogP contribution in [-0.2, 0) is 19.1 Å². The zero-order chi connectivity index (χ0) is 15.4. The van der Waals surface area contributed by atoms with Crippen LogP contribution in [0.1, 0.15) is 23.2 Å². The molecule has 1 aliphatic heterocycles. The second kappa shape index (κ2) is 6.21. The topological polar surface area (TPSA) is 89.9 Å². The van der Waals surface area contributed by atoms with E-state index in [9.17, 15) is 19.5 Å². The van der Waals surface area contributed by atoms with Crippen molar-refractivity contribution in [3.05, 3.63) is 47.2 Å².